The van der Waals surface area contributed by atoms with Gasteiger partial charge in [0, 0.05) is 6.07 Å². The SMILES string of the molecule is C=CC(=O)c1c(O)cc(O)cc1CCCc1ccccc1. The van der Waals surface area contributed by atoms with E-state index >= 15 is 0 Å². The number of allylic oxidation sites excluding steroid dienone is 1. The van der Waals surface area contributed by atoms with E-state index in [-0.39, 0.29) is 22.8 Å². The maximum Gasteiger partial charge on any atom is 0.189 e. The van der Waals surface area contributed by atoms with Crippen LogP contribution in [-0.2, 0) is 12.8 Å². The molecule has 0 fully saturated rings. The Morgan fingerprint density at radius 1 is 1.10 bits per heavy atom. The standard InChI is InChI=1S/C18H18O3/c1-2-16(20)18-14(11-15(19)12-17(18)21)10-6-9-13-7-4-3-5-8-13/h2-5,7-8,11-12,19,21H,1,6,9-10H2. The van der Waals surface area contributed by atoms with Gasteiger partial charge in [-0.15, -0.1) is 0 Å². The number of aromatic hydroxyl groups is 2. The molecule has 2 aromatic carbocycles. The highest BCUT2D eigenvalue weighted by Crippen LogP contribution is 2.29. The van der Waals surface area contributed by atoms with E-state index in [2.05, 4.69) is 18.7 Å². The lowest BCUT2D eigenvalue weighted by Crippen LogP contribution is -2.02. The number of hydrogen-bond acceptors (Lipinski definition) is 3. The molecular formula is C18H18O3. The van der Waals surface area contributed by atoms with Gasteiger partial charge in [0.15, 0.2) is 5.78 Å². The summed E-state index contributed by atoms with van der Waals surface area (Å²) in [5.41, 5.74) is 2.10. The fourth-order valence-corrected chi connectivity index (χ4v) is 2.38. The van der Waals surface area contributed by atoms with Crippen LogP contribution in [0.1, 0.15) is 27.9 Å². The van der Waals surface area contributed by atoms with E-state index in [1.54, 1.807) is 0 Å². The number of carbonyl (C=O) groups excluding carboxylic acids is 1. The van der Waals surface area contributed by atoms with Crippen LogP contribution in [0.5, 0.6) is 11.5 Å². The highest BCUT2D eigenvalue weighted by Gasteiger charge is 2.15. The largest absolute Gasteiger partial charge is 0.508 e. The number of carbonyl (C=O) groups is 1. The molecule has 2 aromatic rings. The third kappa shape index (κ3) is 3.72. The van der Waals surface area contributed by atoms with Gasteiger partial charge in [0.2, 0.25) is 0 Å². The summed E-state index contributed by atoms with van der Waals surface area (Å²) in [6.07, 6.45) is 3.47. The van der Waals surface area contributed by atoms with Crippen LogP contribution < -0.4 is 0 Å². The Kier molecular flexibility index (Phi) is 4.77. The minimum absolute atomic E-state index is 0.0391. The molecule has 0 aliphatic rings. The summed E-state index contributed by atoms with van der Waals surface area (Å²) in [6, 6.07) is 12.8. The third-order valence-electron chi connectivity index (χ3n) is 3.37. The number of rotatable bonds is 6. The summed E-state index contributed by atoms with van der Waals surface area (Å²) in [7, 11) is 0. The van der Waals surface area contributed by atoms with Crippen molar-refractivity contribution in [3.8, 4) is 11.5 Å². The van der Waals surface area contributed by atoms with E-state index in [1.807, 2.05) is 18.2 Å². The lowest BCUT2D eigenvalue weighted by Gasteiger charge is -2.10. The van der Waals surface area contributed by atoms with Crippen molar-refractivity contribution in [2.45, 2.75) is 19.3 Å². The molecule has 0 radical (unpaired) electrons. The molecular weight excluding hydrogens is 264 g/mol. The molecule has 0 unspecified atom stereocenters. The second-order valence-corrected chi connectivity index (χ2v) is 4.91. The molecule has 2 rings (SSSR count). The lowest BCUT2D eigenvalue weighted by molar-refractivity contribution is 0.104. The maximum atomic E-state index is 11.8. The molecule has 0 atom stereocenters. The Hall–Kier alpha value is -2.55. The predicted molar refractivity (Wildman–Crippen MR) is 82.8 cm³/mol. The molecule has 0 heterocycles. The molecule has 108 valence electrons. The Morgan fingerprint density at radius 3 is 2.48 bits per heavy atom. The summed E-state index contributed by atoms with van der Waals surface area (Å²) in [4.78, 5) is 11.8. The van der Waals surface area contributed by atoms with Crippen molar-refractivity contribution in [2.75, 3.05) is 0 Å². The maximum absolute atomic E-state index is 11.8. The van der Waals surface area contributed by atoms with Gasteiger partial charge in [0.05, 0.1) is 5.56 Å². The average Bonchev–Trinajstić information content (AvgIpc) is 2.47. The molecule has 0 aromatic heterocycles. The average molecular weight is 282 g/mol. The van der Waals surface area contributed by atoms with Gasteiger partial charge in [-0.05, 0) is 42.5 Å². The Morgan fingerprint density at radius 2 is 1.81 bits per heavy atom. The summed E-state index contributed by atoms with van der Waals surface area (Å²) >= 11 is 0. The number of phenols is 2. The monoisotopic (exact) mass is 282 g/mol. The zero-order valence-electron chi connectivity index (χ0n) is 11.7. The summed E-state index contributed by atoms with van der Waals surface area (Å²) in [5, 5.41) is 19.5. The minimum atomic E-state index is -0.331. The number of ketones is 1. The van der Waals surface area contributed by atoms with E-state index < -0.39 is 0 Å². The van der Waals surface area contributed by atoms with Crippen LogP contribution in [0.2, 0.25) is 0 Å². The molecule has 0 aliphatic carbocycles. The topological polar surface area (TPSA) is 57.5 Å². The normalized spacial score (nSPS) is 10.3. The molecule has 0 amide bonds. The van der Waals surface area contributed by atoms with Crippen molar-refractivity contribution >= 4 is 5.78 Å². The van der Waals surface area contributed by atoms with E-state index in [9.17, 15) is 15.0 Å². The fraction of sp³-hybridized carbons (Fsp3) is 0.167. The van der Waals surface area contributed by atoms with Crippen LogP contribution in [0.15, 0.2) is 55.1 Å². The van der Waals surface area contributed by atoms with E-state index in [1.165, 1.54) is 23.8 Å². The molecule has 0 spiro atoms. The molecule has 0 bridgehead atoms. The summed E-state index contributed by atoms with van der Waals surface area (Å²) in [5.74, 6) is -0.570. The number of aryl methyl sites for hydroxylation is 2. The quantitative estimate of drug-likeness (QED) is 0.628. The van der Waals surface area contributed by atoms with Crippen LogP contribution in [-0.4, -0.2) is 16.0 Å². The Balaban J connectivity index is 2.15. The summed E-state index contributed by atoms with van der Waals surface area (Å²) in [6.45, 7) is 3.45. The molecule has 2 N–H and O–H groups in total. The van der Waals surface area contributed by atoms with Crippen LogP contribution >= 0.6 is 0 Å². The van der Waals surface area contributed by atoms with Gasteiger partial charge in [-0.3, -0.25) is 4.79 Å². The van der Waals surface area contributed by atoms with Gasteiger partial charge in [-0.2, -0.15) is 0 Å². The third-order valence-corrected chi connectivity index (χ3v) is 3.37. The molecule has 0 aliphatic heterocycles. The van der Waals surface area contributed by atoms with Gasteiger partial charge >= 0.3 is 0 Å². The van der Waals surface area contributed by atoms with Crippen LogP contribution in [0.4, 0.5) is 0 Å². The van der Waals surface area contributed by atoms with Crippen LogP contribution in [0, 0.1) is 0 Å². The van der Waals surface area contributed by atoms with Crippen molar-refractivity contribution in [3.63, 3.8) is 0 Å². The fourth-order valence-electron chi connectivity index (χ4n) is 2.38. The zero-order chi connectivity index (χ0) is 15.2. The molecule has 0 saturated carbocycles. The van der Waals surface area contributed by atoms with Gasteiger partial charge < -0.3 is 10.2 Å². The number of phenolic OH excluding ortho intramolecular Hbond substituents is 2. The highest BCUT2D eigenvalue weighted by molar-refractivity contribution is 6.07. The van der Waals surface area contributed by atoms with Crippen molar-refractivity contribution < 1.29 is 15.0 Å². The summed E-state index contributed by atoms with van der Waals surface area (Å²) < 4.78 is 0. The highest BCUT2D eigenvalue weighted by atomic mass is 16.3. The smallest absolute Gasteiger partial charge is 0.189 e. The van der Waals surface area contributed by atoms with Crippen molar-refractivity contribution in [3.05, 3.63) is 71.8 Å². The van der Waals surface area contributed by atoms with Crippen molar-refractivity contribution in [2.24, 2.45) is 0 Å². The predicted octanol–water partition coefficient (Wildman–Crippen LogP) is 3.64. The first kappa shape index (κ1) is 14.9. The van der Waals surface area contributed by atoms with Gasteiger partial charge in [-0.25, -0.2) is 0 Å². The van der Waals surface area contributed by atoms with E-state index in [0.29, 0.717) is 12.0 Å². The first-order valence-electron chi connectivity index (χ1n) is 6.87. The van der Waals surface area contributed by atoms with Gasteiger partial charge in [0.1, 0.15) is 11.5 Å². The zero-order valence-corrected chi connectivity index (χ0v) is 11.7. The van der Waals surface area contributed by atoms with Crippen molar-refractivity contribution in [1.82, 2.24) is 0 Å². The molecule has 3 heteroatoms. The van der Waals surface area contributed by atoms with Crippen molar-refractivity contribution in [1.29, 1.82) is 0 Å². The van der Waals surface area contributed by atoms with Crippen LogP contribution in [0.3, 0.4) is 0 Å². The molecule has 21 heavy (non-hydrogen) atoms. The second kappa shape index (κ2) is 6.75. The first-order chi connectivity index (χ1) is 10.1. The van der Waals surface area contributed by atoms with Crippen LogP contribution in [0.25, 0.3) is 0 Å². The Labute approximate surface area is 124 Å². The number of benzene rings is 2. The minimum Gasteiger partial charge on any atom is -0.508 e. The molecule has 0 saturated heterocycles. The van der Waals surface area contributed by atoms with E-state index in [0.717, 1.165) is 12.8 Å². The van der Waals surface area contributed by atoms with Gasteiger partial charge in [0.25, 0.3) is 0 Å². The Bertz CT molecular complexity index is 645. The first-order valence-corrected chi connectivity index (χ1v) is 6.87. The number of hydrogen-bond donors (Lipinski definition) is 2. The molecule has 3 nitrogen and oxygen atoms in total. The second-order valence-electron chi connectivity index (χ2n) is 4.91. The lowest BCUT2D eigenvalue weighted by atomic mass is 9.96. The van der Waals surface area contributed by atoms with E-state index in [4.69, 9.17) is 0 Å². The van der Waals surface area contributed by atoms with Gasteiger partial charge in [-0.1, -0.05) is 36.9 Å².